The fourth-order valence-electron chi connectivity index (χ4n) is 4.60. The summed E-state index contributed by atoms with van der Waals surface area (Å²) < 4.78 is 2.30. The van der Waals surface area contributed by atoms with Gasteiger partial charge >= 0.3 is 0 Å². The molecule has 0 saturated carbocycles. The molecule has 0 bridgehead atoms. The Balaban J connectivity index is 1.55. The molecule has 0 aliphatic rings. The van der Waals surface area contributed by atoms with Crippen LogP contribution in [0.3, 0.4) is 0 Å². The van der Waals surface area contributed by atoms with Crippen LogP contribution >= 0.6 is 0 Å². The molecule has 5 aromatic rings. The number of hydrogen-bond donors (Lipinski definition) is 0. The Morgan fingerprint density at radius 1 is 0.667 bits per heavy atom. The van der Waals surface area contributed by atoms with E-state index >= 15 is 0 Å². The van der Waals surface area contributed by atoms with Gasteiger partial charge in [-0.25, -0.2) is 0 Å². The van der Waals surface area contributed by atoms with Crippen LogP contribution in [0.2, 0.25) is 0 Å². The molecule has 0 amide bonds. The Morgan fingerprint density at radius 2 is 1.03 bits per heavy atom. The molecule has 36 heavy (non-hydrogen) atoms. The minimum atomic E-state index is -0.475. The summed E-state index contributed by atoms with van der Waals surface area (Å²) in [6.45, 7) is 9.80. The Hall–Kier alpha value is -4.58. The Morgan fingerprint density at radius 3 is 1.39 bits per heavy atom. The second kappa shape index (κ2) is 8.89. The van der Waals surface area contributed by atoms with Gasteiger partial charge in [-0.1, -0.05) is 73.3 Å². The van der Waals surface area contributed by atoms with Crippen molar-refractivity contribution in [2.24, 2.45) is 0 Å². The predicted molar refractivity (Wildman–Crippen MR) is 145 cm³/mol. The minimum Gasteiger partial charge on any atom is -0.270 e. The third kappa shape index (κ3) is 3.96. The number of aromatic nitrogens is 2. The highest BCUT2D eigenvalue weighted by atomic mass is 16.2. The molecule has 0 saturated heterocycles. The summed E-state index contributed by atoms with van der Waals surface area (Å²) in [5, 5.41) is 0.592. The summed E-state index contributed by atoms with van der Waals surface area (Å²) in [6.07, 6.45) is 2.47. The van der Waals surface area contributed by atoms with Crippen molar-refractivity contribution in [3.63, 3.8) is 0 Å². The normalized spacial score (nSPS) is 11.4. The van der Waals surface area contributed by atoms with E-state index in [0.717, 1.165) is 43.4 Å². The SMILES string of the molecule is C=Cc1ccc(Cn2c(=O)c3cc4c(=O)n(Cc5ccc(CC(=C)C)cc5)c(=O)c4cc3c2=O)cc1. The lowest BCUT2D eigenvalue weighted by molar-refractivity contribution is 0.753. The number of hydrogen-bond acceptors (Lipinski definition) is 4. The molecule has 6 nitrogen and oxygen atoms in total. The van der Waals surface area contributed by atoms with Crippen LogP contribution in [0.4, 0.5) is 0 Å². The van der Waals surface area contributed by atoms with Crippen LogP contribution in [-0.4, -0.2) is 9.13 Å². The highest BCUT2D eigenvalue weighted by molar-refractivity contribution is 5.97. The maximum atomic E-state index is 13.1. The van der Waals surface area contributed by atoms with Gasteiger partial charge in [0.05, 0.1) is 34.6 Å². The topological polar surface area (TPSA) is 78.1 Å². The van der Waals surface area contributed by atoms with Gasteiger partial charge in [-0.05, 0) is 47.7 Å². The fraction of sp³-hybridized carbons (Fsp3) is 0.133. The van der Waals surface area contributed by atoms with Crippen molar-refractivity contribution in [2.75, 3.05) is 0 Å². The summed E-state index contributed by atoms with van der Waals surface area (Å²) in [6, 6.07) is 17.8. The van der Waals surface area contributed by atoms with E-state index < -0.39 is 22.2 Å². The Bertz CT molecular complexity index is 1780. The van der Waals surface area contributed by atoms with Crippen LogP contribution in [-0.2, 0) is 19.5 Å². The first-order valence-electron chi connectivity index (χ1n) is 11.6. The highest BCUT2D eigenvalue weighted by Gasteiger charge is 2.19. The highest BCUT2D eigenvalue weighted by Crippen LogP contribution is 2.16. The zero-order chi connectivity index (χ0) is 25.6. The maximum absolute atomic E-state index is 13.1. The number of fused-ring (bicyclic) bond motifs is 2. The van der Waals surface area contributed by atoms with Gasteiger partial charge in [0.1, 0.15) is 0 Å². The molecule has 0 radical (unpaired) electrons. The van der Waals surface area contributed by atoms with Crippen LogP contribution in [0.1, 0.15) is 29.2 Å². The van der Waals surface area contributed by atoms with Crippen molar-refractivity contribution < 1.29 is 0 Å². The van der Waals surface area contributed by atoms with Gasteiger partial charge in [0.25, 0.3) is 22.2 Å². The number of nitrogens with zero attached hydrogens (tertiary/aromatic N) is 2. The van der Waals surface area contributed by atoms with Gasteiger partial charge in [-0.3, -0.25) is 28.3 Å². The maximum Gasteiger partial charge on any atom is 0.261 e. The molecular weight excluding hydrogens is 452 g/mol. The van der Waals surface area contributed by atoms with Crippen LogP contribution in [0.15, 0.2) is 98.6 Å². The standard InChI is InChI=1S/C30H24N2O4/c1-4-19-5-9-21(10-6-19)16-31-27(33)23-14-25-26(15-24(23)28(31)34)30(36)32(29(25)35)17-22-11-7-20(8-12-22)13-18(2)3/h4-12,14-15H,1-2,13,16-17H2,3H3. The van der Waals surface area contributed by atoms with E-state index in [-0.39, 0.29) is 34.6 Å². The molecule has 0 unspecified atom stereocenters. The van der Waals surface area contributed by atoms with Crippen molar-refractivity contribution in [3.05, 3.63) is 143 Å². The molecule has 2 aromatic heterocycles. The molecule has 2 heterocycles. The van der Waals surface area contributed by atoms with Crippen LogP contribution < -0.4 is 22.2 Å². The Kier molecular flexibility index (Phi) is 5.72. The molecule has 5 rings (SSSR count). The second-order valence-corrected chi connectivity index (χ2v) is 9.23. The van der Waals surface area contributed by atoms with Gasteiger partial charge in [0, 0.05) is 0 Å². The van der Waals surface area contributed by atoms with E-state index in [2.05, 4.69) is 13.2 Å². The lowest BCUT2D eigenvalue weighted by Crippen LogP contribution is -2.26. The average molecular weight is 477 g/mol. The molecule has 178 valence electrons. The average Bonchev–Trinajstić information content (AvgIpc) is 3.24. The molecule has 0 fully saturated rings. The summed E-state index contributed by atoms with van der Waals surface area (Å²) in [4.78, 5) is 52.4. The van der Waals surface area contributed by atoms with Crippen molar-refractivity contribution in [3.8, 4) is 0 Å². The molecule has 6 heteroatoms. The first-order valence-corrected chi connectivity index (χ1v) is 11.6. The lowest BCUT2D eigenvalue weighted by Gasteiger charge is -2.04. The summed E-state index contributed by atoms with van der Waals surface area (Å²) in [7, 11) is 0. The quantitative estimate of drug-likeness (QED) is 0.335. The van der Waals surface area contributed by atoms with Crippen LogP contribution in [0.5, 0.6) is 0 Å². The predicted octanol–water partition coefficient (Wildman–Crippen LogP) is 3.77. The first-order chi connectivity index (χ1) is 17.3. The summed E-state index contributed by atoms with van der Waals surface area (Å²) >= 11 is 0. The van der Waals surface area contributed by atoms with Crippen molar-refractivity contribution >= 4 is 27.6 Å². The van der Waals surface area contributed by atoms with E-state index in [1.807, 2.05) is 55.5 Å². The lowest BCUT2D eigenvalue weighted by atomic mass is 10.1. The van der Waals surface area contributed by atoms with Crippen molar-refractivity contribution in [2.45, 2.75) is 26.4 Å². The summed E-state index contributed by atoms with van der Waals surface area (Å²) in [5.74, 6) is 0. The zero-order valence-corrected chi connectivity index (χ0v) is 19.9. The third-order valence-corrected chi connectivity index (χ3v) is 6.49. The van der Waals surface area contributed by atoms with E-state index in [1.165, 1.54) is 12.1 Å². The second-order valence-electron chi connectivity index (χ2n) is 9.23. The van der Waals surface area contributed by atoms with E-state index in [0.29, 0.717) is 0 Å². The number of benzene rings is 3. The molecule has 0 aliphatic heterocycles. The van der Waals surface area contributed by atoms with Crippen LogP contribution in [0.25, 0.3) is 27.6 Å². The fourth-order valence-corrected chi connectivity index (χ4v) is 4.60. The minimum absolute atomic E-state index is 0.101. The summed E-state index contributed by atoms with van der Waals surface area (Å²) in [5.41, 5.74) is 2.79. The zero-order valence-electron chi connectivity index (χ0n) is 19.9. The van der Waals surface area contributed by atoms with Gasteiger partial charge < -0.3 is 0 Å². The smallest absolute Gasteiger partial charge is 0.261 e. The number of allylic oxidation sites excluding steroid dienone is 1. The monoisotopic (exact) mass is 476 g/mol. The first kappa shape index (κ1) is 23.2. The molecular formula is C30H24N2O4. The number of rotatable bonds is 7. The van der Waals surface area contributed by atoms with Gasteiger partial charge in [0.2, 0.25) is 0 Å². The molecule has 0 atom stereocenters. The van der Waals surface area contributed by atoms with Gasteiger partial charge in [-0.2, -0.15) is 0 Å². The van der Waals surface area contributed by atoms with Gasteiger partial charge in [-0.15, -0.1) is 0 Å². The van der Waals surface area contributed by atoms with Crippen LogP contribution in [0, 0.1) is 0 Å². The van der Waals surface area contributed by atoms with Crippen molar-refractivity contribution in [1.82, 2.24) is 9.13 Å². The largest absolute Gasteiger partial charge is 0.270 e. The Labute approximate surface area is 206 Å². The molecule has 3 aromatic carbocycles. The van der Waals surface area contributed by atoms with Crippen molar-refractivity contribution in [1.29, 1.82) is 0 Å². The van der Waals surface area contributed by atoms with E-state index in [4.69, 9.17) is 0 Å². The molecule has 0 aliphatic carbocycles. The van der Waals surface area contributed by atoms with Gasteiger partial charge in [0.15, 0.2) is 0 Å². The van der Waals surface area contributed by atoms with E-state index in [1.54, 1.807) is 6.08 Å². The van der Waals surface area contributed by atoms with E-state index in [9.17, 15) is 19.2 Å². The molecule has 0 N–H and O–H groups in total. The molecule has 0 spiro atoms. The third-order valence-electron chi connectivity index (χ3n) is 6.49.